The van der Waals surface area contributed by atoms with E-state index in [2.05, 4.69) is 14.9 Å². The van der Waals surface area contributed by atoms with Crippen LogP contribution >= 0.6 is 0 Å². The van der Waals surface area contributed by atoms with Crippen LogP contribution in [0.25, 0.3) is 10.9 Å². The predicted molar refractivity (Wildman–Crippen MR) is 81.8 cm³/mol. The van der Waals surface area contributed by atoms with Gasteiger partial charge in [-0.15, -0.1) is 0 Å². The summed E-state index contributed by atoms with van der Waals surface area (Å²) in [4.78, 5) is 11.7. The van der Waals surface area contributed by atoms with Gasteiger partial charge in [-0.05, 0) is 31.4 Å². The standard InChI is InChI=1S/C16H20N4O/c17-15-12-4-1-2-5-13(12)18-14(19-15)10-20-8-9-21-11-16(20)6-3-7-16/h1-2,4-5H,3,6-11H2,(H2,17,18,19). The molecule has 2 aliphatic rings. The summed E-state index contributed by atoms with van der Waals surface area (Å²) < 4.78 is 5.68. The molecule has 1 aromatic heterocycles. The molecule has 1 saturated carbocycles. The van der Waals surface area contributed by atoms with Crippen LogP contribution in [0.4, 0.5) is 5.82 Å². The van der Waals surface area contributed by atoms with Crippen LogP contribution < -0.4 is 5.73 Å². The molecule has 2 aromatic rings. The van der Waals surface area contributed by atoms with E-state index in [0.29, 0.717) is 5.82 Å². The molecule has 5 heteroatoms. The van der Waals surface area contributed by atoms with Crippen molar-refractivity contribution in [3.05, 3.63) is 30.1 Å². The van der Waals surface area contributed by atoms with E-state index in [4.69, 9.17) is 10.5 Å². The average molecular weight is 284 g/mol. The van der Waals surface area contributed by atoms with Gasteiger partial charge in [-0.2, -0.15) is 0 Å². The topological polar surface area (TPSA) is 64.3 Å². The molecule has 0 atom stereocenters. The Labute approximate surface area is 124 Å². The number of hydrogen-bond donors (Lipinski definition) is 1. The number of para-hydroxylation sites is 1. The van der Waals surface area contributed by atoms with E-state index in [1.807, 2.05) is 24.3 Å². The van der Waals surface area contributed by atoms with Gasteiger partial charge >= 0.3 is 0 Å². The smallest absolute Gasteiger partial charge is 0.145 e. The van der Waals surface area contributed by atoms with Crippen molar-refractivity contribution < 1.29 is 4.74 Å². The number of hydrogen-bond acceptors (Lipinski definition) is 5. The van der Waals surface area contributed by atoms with Crippen LogP contribution in [-0.4, -0.2) is 40.2 Å². The highest BCUT2D eigenvalue weighted by Gasteiger charge is 2.44. The number of nitrogens with zero attached hydrogens (tertiary/aromatic N) is 3. The van der Waals surface area contributed by atoms with E-state index in [-0.39, 0.29) is 5.54 Å². The van der Waals surface area contributed by atoms with Crippen molar-refractivity contribution in [2.24, 2.45) is 0 Å². The van der Waals surface area contributed by atoms with Crippen LogP contribution in [0.5, 0.6) is 0 Å². The van der Waals surface area contributed by atoms with Gasteiger partial charge in [0.05, 0.1) is 25.3 Å². The van der Waals surface area contributed by atoms with Crippen molar-refractivity contribution in [1.82, 2.24) is 14.9 Å². The molecule has 1 spiro atoms. The third kappa shape index (κ3) is 2.17. The van der Waals surface area contributed by atoms with E-state index in [1.165, 1.54) is 19.3 Å². The van der Waals surface area contributed by atoms with Crippen LogP contribution in [-0.2, 0) is 11.3 Å². The average Bonchev–Trinajstić information content (AvgIpc) is 2.46. The number of fused-ring (bicyclic) bond motifs is 1. The van der Waals surface area contributed by atoms with E-state index in [9.17, 15) is 0 Å². The molecule has 2 N–H and O–H groups in total. The van der Waals surface area contributed by atoms with Gasteiger partial charge in [0, 0.05) is 17.5 Å². The summed E-state index contributed by atoms with van der Waals surface area (Å²) >= 11 is 0. The zero-order chi connectivity index (χ0) is 14.3. The maximum absolute atomic E-state index is 6.08. The fourth-order valence-electron chi connectivity index (χ4n) is 3.45. The number of nitrogen functional groups attached to an aromatic ring is 1. The largest absolute Gasteiger partial charge is 0.383 e. The quantitative estimate of drug-likeness (QED) is 0.913. The molecule has 2 heterocycles. The number of rotatable bonds is 2. The van der Waals surface area contributed by atoms with Crippen molar-refractivity contribution >= 4 is 16.7 Å². The number of anilines is 1. The maximum atomic E-state index is 6.08. The Kier molecular flexibility index (Phi) is 3.05. The molecule has 0 amide bonds. The lowest BCUT2D eigenvalue weighted by molar-refractivity contribution is -0.111. The second kappa shape index (κ2) is 4.93. The zero-order valence-electron chi connectivity index (χ0n) is 12.1. The van der Waals surface area contributed by atoms with Gasteiger partial charge in [0.25, 0.3) is 0 Å². The monoisotopic (exact) mass is 284 g/mol. The SMILES string of the molecule is Nc1nc(CN2CCOCC23CCC3)nc2ccccc12. The van der Waals surface area contributed by atoms with Crippen LogP contribution in [0.15, 0.2) is 24.3 Å². The molecular weight excluding hydrogens is 264 g/mol. The molecule has 1 aliphatic carbocycles. The first-order valence-corrected chi connectivity index (χ1v) is 7.61. The van der Waals surface area contributed by atoms with Gasteiger partial charge in [-0.25, -0.2) is 9.97 Å². The Balaban J connectivity index is 1.64. The van der Waals surface area contributed by atoms with Gasteiger partial charge in [0.1, 0.15) is 11.6 Å². The summed E-state index contributed by atoms with van der Waals surface area (Å²) in [6, 6.07) is 7.92. The Morgan fingerprint density at radius 2 is 2.10 bits per heavy atom. The highest BCUT2D eigenvalue weighted by atomic mass is 16.5. The van der Waals surface area contributed by atoms with Gasteiger partial charge < -0.3 is 10.5 Å². The number of ether oxygens (including phenoxy) is 1. The number of nitrogens with two attached hydrogens (primary N) is 1. The number of aromatic nitrogens is 2. The summed E-state index contributed by atoms with van der Waals surface area (Å²) in [6.45, 7) is 3.36. The van der Waals surface area contributed by atoms with Crippen molar-refractivity contribution in [3.8, 4) is 0 Å². The van der Waals surface area contributed by atoms with E-state index in [1.54, 1.807) is 0 Å². The number of benzene rings is 1. The molecule has 1 aliphatic heterocycles. The summed E-state index contributed by atoms with van der Waals surface area (Å²) in [5.41, 5.74) is 7.23. The second-order valence-electron chi connectivity index (χ2n) is 6.09. The fourth-order valence-corrected chi connectivity index (χ4v) is 3.45. The van der Waals surface area contributed by atoms with E-state index in [0.717, 1.165) is 43.0 Å². The number of morpholine rings is 1. The summed E-state index contributed by atoms with van der Waals surface area (Å²) in [6.07, 6.45) is 3.73. The van der Waals surface area contributed by atoms with Crippen molar-refractivity contribution in [2.45, 2.75) is 31.3 Å². The first-order valence-electron chi connectivity index (χ1n) is 7.61. The second-order valence-corrected chi connectivity index (χ2v) is 6.09. The summed E-state index contributed by atoms with van der Waals surface area (Å²) in [5.74, 6) is 1.39. The molecule has 0 radical (unpaired) electrons. The molecule has 4 rings (SSSR count). The molecule has 110 valence electrons. The van der Waals surface area contributed by atoms with Crippen molar-refractivity contribution in [2.75, 3.05) is 25.5 Å². The third-order valence-corrected chi connectivity index (χ3v) is 4.84. The first kappa shape index (κ1) is 13.0. The Bertz CT molecular complexity index is 668. The summed E-state index contributed by atoms with van der Waals surface area (Å²) in [7, 11) is 0. The van der Waals surface area contributed by atoms with Gasteiger partial charge in [-0.3, -0.25) is 4.90 Å². The molecule has 0 bridgehead atoms. The first-order chi connectivity index (χ1) is 10.3. The normalized spacial score (nSPS) is 21.5. The molecule has 5 nitrogen and oxygen atoms in total. The molecule has 2 fully saturated rings. The van der Waals surface area contributed by atoms with E-state index >= 15 is 0 Å². The lowest BCUT2D eigenvalue weighted by atomic mass is 9.75. The van der Waals surface area contributed by atoms with Crippen molar-refractivity contribution in [3.63, 3.8) is 0 Å². The van der Waals surface area contributed by atoms with Crippen LogP contribution in [0.1, 0.15) is 25.1 Å². The molecule has 1 saturated heterocycles. The maximum Gasteiger partial charge on any atom is 0.145 e. The van der Waals surface area contributed by atoms with Crippen LogP contribution in [0.2, 0.25) is 0 Å². The lowest BCUT2D eigenvalue weighted by Gasteiger charge is -2.52. The molecule has 1 aromatic carbocycles. The Morgan fingerprint density at radius 1 is 1.24 bits per heavy atom. The Hall–Kier alpha value is -1.72. The molecule has 21 heavy (non-hydrogen) atoms. The van der Waals surface area contributed by atoms with Crippen LogP contribution in [0.3, 0.4) is 0 Å². The lowest BCUT2D eigenvalue weighted by Crippen LogP contribution is -2.60. The van der Waals surface area contributed by atoms with Crippen molar-refractivity contribution in [1.29, 1.82) is 0 Å². The molecular formula is C16H20N4O. The highest BCUT2D eigenvalue weighted by Crippen LogP contribution is 2.40. The predicted octanol–water partition coefficient (Wildman–Crippen LogP) is 1.97. The van der Waals surface area contributed by atoms with Gasteiger partial charge in [-0.1, -0.05) is 12.1 Å². The zero-order valence-corrected chi connectivity index (χ0v) is 12.1. The van der Waals surface area contributed by atoms with E-state index < -0.39 is 0 Å². The van der Waals surface area contributed by atoms with Gasteiger partial charge in [0.2, 0.25) is 0 Å². The third-order valence-electron chi connectivity index (χ3n) is 4.84. The molecule has 0 unspecified atom stereocenters. The fraction of sp³-hybridized carbons (Fsp3) is 0.500. The van der Waals surface area contributed by atoms with Gasteiger partial charge in [0.15, 0.2) is 0 Å². The minimum atomic E-state index is 0.224. The minimum absolute atomic E-state index is 0.224. The van der Waals surface area contributed by atoms with Crippen LogP contribution in [0, 0.1) is 0 Å². The Morgan fingerprint density at radius 3 is 2.90 bits per heavy atom. The highest BCUT2D eigenvalue weighted by molar-refractivity contribution is 5.87. The summed E-state index contributed by atoms with van der Waals surface area (Å²) in [5, 5.41) is 0.932. The minimum Gasteiger partial charge on any atom is -0.383 e.